The van der Waals surface area contributed by atoms with Crippen molar-refractivity contribution >= 4 is 0 Å². The molecule has 0 aliphatic heterocycles. The zero-order valence-electron chi connectivity index (χ0n) is 14.3. The van der Waals surface area contributed by atoms with Gasteiger partial charge in [-0.25, -0.2) is 0 Å². The second-order valence-electron chi connectivity index (χ2n) is 8.08. The minimum atomic E-state index is 0.497. The predicted octanol–water partition coefficient (Wildman–Crippen LogP) is 5.11. The molecule has 1 fully saturated rings. The van der Waals surface area contributed by atoms with E-state index in [9.17, 15) is 0 Å². The normalized spacial score (nSPS) is 30.3. The molecule has 1 saturated carbocycles. The maximum absolute atomic E-state index is 3.43. The number of hydrogen-bond acceptors (Lipinski definition) is 1. The Morgan fingerprint density at radius 3 is 2.37 bits per heavy atom. The summed E-state index contributed by atoms with van der Waals surface area (Å²) in [6.45, 7) is 13.3. The molecule has 114 valence electrons. The maximum Gasteiger partial charge on any atom is -0.00209 e. The monoisotopic (exact) mass is 267 g/mol. The molecule has 4 atom stereocenters. The Balaban J connectivity index is 2.62. The van der Waals surface area contributed by atoms with Crippen LogP contribution in [0.3, 0.4) is 0 Å². The molecule has 0 spiro atoms. The van der Waals surface area contributed by atoms with Gasteiger partial charge in [-0.05, 0) is 68.4 Å². The Morgan fingerprint density at radius 1 is 1.16 bits per heavy atom. The molecule has 1 rings (SSSR count). The molecule has 4 unspecified atom stereocenters. The lowest BCUT2D eigenvalue weighted by molar-refractivity contribution is 0.0843. The lowest BCUT2D eigenvalue weighted by Crippen LogP contribution is -2.36. The van der Waals surface area contributed by atoms with E-state index in [1.165, 1.54) is 45.1 Å². The average molecular weight is 268 g/mol. The third-order valence-corrected chi connectivity index (χ3v) is 5.32. The largest absolute Gasteiger partial charge is 0.319 e. The minimum Gasteiger partial charge on any atom is -0.319 e. The van der Waals surface area contributed by atoms with E-state index in [2.05, 4.69) is 47.0 Å². The van der Waals surface area contributed by atoms with Gasteiger partial charge in [0, 0.05) is 0 Å². The van der Waals surface area contributed by atoms with Crippen LogP contribution in [0.4, 0.5) is 0 Å². The van der Waals surface area contributed by atoms with Crippen LogP contribution >= 0.6 is 0 Å². The van der Waals surface area contributed by atoms with E-state index in [0.29, 0.717) is 5.41 Å². The minimum absolute atomic E-state index is 0.497. The quantitative estimate of drug-likeness (QED) is 0.705. The molecule has 1 N–H and O–H groups in total. The molecular weight excluding hydrogens is 230 g/mol. The van der Waals surface area contributed by atoms with Gasteiger partial charge >= 0.3 is 0 Å². The second-order valence-corrected chi connectivity index (χ2v) is 8.08. The van der Waals surface area contributed by atoms with Crippen molar-refractivity contribution in [2.45, 2.75) is 73.1 Å². The van der Waals surface area contributed by atoms with Crippen molar-refractivity contribution in [1.82, 2.24) is 5.32 Å². The van der Waals surface area contributed by atoms with E-state index in [-0.39, 0.29) is 0 Å². The third kappa shape index (κ3) is 5.45. The van der Waals surface area contributed by atoms with Crippen molar-refractivity contribution in [2.24, 2.45) is 29.1 Å². The zero-order valence-corrected chi connectivity index (χ0v) is 14.3. The Labute approximate surface area is 121 Å². The summed E-state index contributed by atoms with van der Waals surface area (Å²) >= 11 is 0. The Kier molecular flexibility index (Phi) is 6.86. The van der Waals surface area contributed by atoms with Gasteiger partial charge < -0.3 is 5.32 Å². The molecule has 1 aliphatic carbocycles. The van der Waals surface area contributed by atoms with E-state index in [1.54, 1.807) is 0 Å². The first-order valence-electron chi connectivity index (χ1n) is 8.53. The van der Waals surface area contributed by atoms with Gasteiger partial charge in [0.15, 0.2) is 0 Å². The maximum atomic E-state index is 3.43. The van der Waals surface area contributed by atoms with Gasteiger partial charge in [0.25, 0.3) is 0 Å². The number of nitrogens with one attached hydrogen (secondary N) is 1. The fourth-order valence-electron chi connectivity index (χ4n) is 4.06. The summed E-state index contributed by atoms with van der Waals surface area (Å²) in [7, 11) is 2.11. The van der Waals surface area contributed by atoms with Crippen LogP contribution in [0.2, 0.25) is 0 Å². The first-order chi connectivity index (χ1) is 8.88. The molecular formula is C18H37N. The summed E-state index contributed by atoms with van der Waals surface area (Å²) < 4.78 is 0. The summed E-state index contributed by atoms with van der Waals surface area (Å²) in [5.41, 5.74) is 0.497. The van der Waals surface area contributed by atoms with Gasteiger partial charge in [-0.15, -0.1) is 0 Å². The lowest BCUT2D eigenvalue weighted by atomic mass is 9.64. The van der Waals surface area contributed by atoms with Crippen LogP contribution < -0.4 is 5.32 Å². The Hall–Kier alpha value is -0.0400. The smallest absolute Gasteiger partial charge is 0.00209 e. The van der Waals surface area contributed by atoms with Crippen LogP contribution in [0.5, 0.6) is 0 Å². The molecule has 0 aromatic rings. The molecule has 0 aromatic carbocycles. The van der Waals surface area contributed by atoms with Crippen molar-refractivity contribution in [2.75, 3.05) is 13.6 Å². The summed E-state index contributed by atoms with van der Waals surface area (Å²) in [6.07, 6.45) is 8.54. The van der Waals surface area contributed by atoms with Crippen LogP contribution in [0, 0.1) is 29.1 Å². The first kappa shape index (κ1) is 17.0. The lowest BCUT2D eigenvalue weighted by Gasteiger charge is -2.43. The van der Waals surface area contributed by atoms with Crippen molar-refractivity contribution in [3.8, 4) is 0 Å². The third-order valence-electron chi connectivity index (χ3n) is 5.32. The second kappa shape index (κ2) is 7.67. The van der Waals surface area contributed by atoms with Crippen LogP contribution in [-0.2, 0) is 0 Å². The van der Waals surface area contributed by atoms with Crippen LogP contribution in [0.25, 0.3) is 0 Å². The molecule has 0 bridgehead atoms. The van der Waals surface area contributed by atoms with Crippen molar-refractivity contribution in [1.29, 1.82) is 0 Å². The van der Waals surface area contributed by atoms with Gasteiger partial charge in [-0.3, -0.25) is 0 Å². The fraction of sp³-hybridized carbons (Fsp3) is 1.00. The molecule has 0 aromatic heterocycles. The van der Waals surface area contributed by atoms with Crippen molar-refractivity contribution in [3.63, 3.8) is 0 Å². The van der Waals surface area contributed by atoms with E-state index >= 15 is 0 Å². The van der Waals surface area contributed by atoms with Crippen LogP contribution in [0.1, 0.15) is 73.1 Å². The van der Waals surface area contributed by atoms with E-state index in [4.69, 9.17) is 0 Å². The van der Waals surface area contributed by atoms with E-state index in [0.717, 1.165) is 23.7 Å². The molecule has 0 heterocycles. The highest BCUT2D eigenvalue weighted by Gasteiger charge is 2.35. The molecule has 1 heteroatoms. The van der Waals surface area contributed by atoms with Gasteiger partial charge in [0.1, 0.15) is 0 Å². The zero-order chi connectivity index (χ0) is 14.5. The molecule has 19 heavy (non-hydrogen) atoms. The van der Waals surface area contributed by atoms with E-state index in [1.807, 2.05) is 0 Å². The van der Waals surface area contributed by atoms with Crippen molar-refractivity contribution in [3.05, 3.63) is 0 Å². The van der Waals surface area contributed by atoms with Crippen LogP contribution in [-0.4, -0.2) is 13.6 Å². The molecule has 1 aliphatic rings. The highest BCUT2D eigenvalue weighted by molar-refractivity contribution is 4.87. The molecule has 0 radical (unpaired) electrons. The Morgan fingerprint density at radius 2 is 1.84 bits per heavy atom. The summed E-state index contributed by atoms with van der Waals surface area (Å²) in [6, 6.07) is 0. The van der Waals surface area contributed by atoms with Crippen LogP contribution in [0.15, 0.2) is 0 Å². The van der Waals surface area contributed by atoms with Gasteiger partial charge in [-0.2, -0.15) is 0 Å². The average Bonchev–Trinajstić information content (AvgIpc) is 2.30. The SMILES string of the molecule is CCCC(C)CC1CC(C(C)(C)C)CCC1CNC. The molecule has 0 amide bonds. The summed E-state index contributed by atoms with van der Waals surface area (Å²) in [4.78, 5) is 0. The molecule has 0 saturated heterocycles. The highest BCUT2D eigenvalue weighted by atomic mass is 14.8. The summed E-state index contributed by atoms with van der Waals surface area (Å²) in [5.74, 6) is 3.71. The first-order valence-corrected chi connectivity index (χ1v) is 8.53. The molecule has 1 nitrogen and oxygen atoms in total. The fourth-order valence-corrected chi connectivity index (χ4v) is 4.06. The number of rotatable bonds is 6. The highest BCUT2D eigenvalue weighted by Crippen LogP contribution is 2.44. The van der Waals surface area contributed by atoms with Gasteiger partial charge in [0.05, 0.1) is 0 Å². The standard InChI is InChI=1S/C18H37N/c1-7-8-14(2)11-16-12-17(18(3,4)5)10-9-15(16)13-19-6/h14-17,19H,7-13H2,1-6H3. The summed E-state index contributed by atoms with van der Waals surface area (Å²) in [5, 5.41) is 3.43. The number of hydrogen-bond donors (Lipinski definition) is 1. The predicted molar refractivity (Wildman–Crippen MR) is 86.4 cm³/mol. The Bertz CT molecular complexity index is 241. The van der Waals surface area contributed by atoms with E-state index < -0.39 is 0 Å². The van der Waals surface area contributed by atoms with Crippen molar-refractivity contribution < 1.29 is 0 Å². The topological polar surface area (TPSA) is 12.0 Å². The van der Waals surface area contributed by atoms with Gasteiger partial charge in [-0.1, -0.05) is 47.5 Å². The van der Waals surface area contributed by atoms with Gasteiger partial charge in [0.2, 0.25) is 0 Å².